The normalized spacial score (nSPS) is 17.0. The maximum absolute atomic E-state index is 13.5. The van der Waals surface area contributed by atoms with Gasteiger partial charge in [0.2, 0.25) is 15.9 Å². The maximum Gasteiger partial charge on any atom is 0.246 e. The van der Waals surface area contributed by atoms with Gasteiger partial charge in [0, 0.05) is 19.2 Å². The molecular formula is C15H20F2N2O3S. The Kier molecular flexibility index (Phi) is 5.23. The summed E-state index contributed by atoms with van der Waals surface area (Å²) < 4.78 is 51.6. The van der Waals surface area contributed by atoms with Gasteiger partial charge in [-0.05, 0) is 38.3 Å². The highest BCUT2D eigenvalue weighted by Gasteiger charge is 2.32. The summed E-state index contributed by atoms with van der Waals surface area (Å²) >= 11 is 0. The molecular weight excluding hydrogens is 326 g/mol. The third-order valence-corrected chi connectivity index (χ3v) is 5.13. The summed E-state index contributed by atoms with van der Waals surface area (Å²) in [4.78, 5) is 14.2. The summed E-state index contributed by atoms with van der Waals surface area (Å²) in [7, 11) is -3.83. The zero-order chi connectivity index (χ0) is 17.2. The van der Waals surface area contributed by atoms with Crippen molar-refractivity contribution in [3.8, 4) is 0 Å². The van der Waals surface area contributed by atoms with E-state index < -0.39 is 27.7 Å². The average Bonchev–Trinajstić information content (AvgIpc) is 2.49. The van der Waals surface area contributed by atoms with Crippen LogP contribution in [0.2, 0.25) is 0 Å². The molecule has 0 bridgehead atoms. The molecule has 5 nitrogen and oxygen atoms in total. The van der Waals surface area contributed by atoms with Gasteiger partial charge in [-0.1, -0.05) is 0 Å². The van der Waals surface area contributed by atoms with Gasteiger partial charge in [0.1, 0.15) is 6.04 Å². The number of hydrogen-bond donors (Lipinski definition) is 0. The van der Waals surface area contributed by atoms with Crippen molar-refractivity contribution >= 4 is 21.6 Å². The number of rotatable bonds is 4. The number of amides is 1. The summed E-state index contributed by atoms with van der Waals surface area (Å²) in [5, 5.41) is 0. The molecule has 0 aliphatic carbocycles. The number of carbonyl (C=O) groups is 1. The lowest BCUT2D eigenvalue weighted by molar-refractivity contribution is -0.132. The fraction of sp³-hybridized carbons (Fsp3) is 0.533. The van der Waals surface area contributed by atoms with Crippen LogP contribution in [0, 0.1) is 11.6 Å². The molecule has 1 aliphatic heterocycles. The van der Waals surface area contributed by atoms with E-state index >= 15 is 0 Å². The molecule has 0 spiro atoms. The lowest BCUT2D eigenvalue weighted by atomic mass is 10.1. The number of piperidine rings is 1. The van der Waals surface area contributed by atoms with Crippen LogP contribution in [0.25, 0.3) is 0 Å². The molecule has 8 heteroatoms. The van der Waals surface area contributed by atoms with Gasteiger partial charge in [0.25, 0.3) is 0 Å². The van der Waals surface area contributed by atoms with Crippen molar-refractivity contribution in [2.75, 3.05) is 23.7 Å². The number of benzene rings is 1. The van der Waals surface area contributed by atoms with E-state index in [1.165, 1.54) is 6.92 Å². The minimum Gasteiger partial charge on any atom is -0.341 e. The standard InChI is InChI=1S/C15H20F2N2O3S/c1-11(15(20)18-8-4-3-5-9-18)19(23(2,21)22)12-6-7-13(16)14(17)10-12/h6-7,10-11H,3-5,8-9H2,1-2H3/t11-/m0/s1. The van der Waals surface area contributed by atoms with Gasteiger partial charge in [0.05, 0.1) is 11.9 Å². The van der Waals surface area contributed by atoms with E-state index in [0.29, 0.717) is 13.1 Å². The van der Waals surface area contributed by atoms with Crippen LogP contribution in [-0.4, -0.2) is 44.6 Å². The molecule has 1 aromatic rings. The second-order valence-electron chi connectivity index (χ2n) is 5.72. The van der Waals surface area contributed by atoms with Crippen molar-refractivity contribution in [1.29, 1.82) is 0 Å². The topological polar surface area (TPSA) is 57.7 Å². The maximum atomic E-state index is 13.5. The fourth-order valence-corrected chi connectivity index (χ4v) is 3.96. The highest BCUT2D eigenvalue weighted by molar-refractivity contribution is 7.92. The monoisotopic (exact) mass is 346 g/mol. The van der Waals surface area contributed by atoms with Gasteiger partial charge in [0.15, 0.2) is 11.6 Å². The Hall–Kier alpha value is -1.70. The molecule has 0 N–H and O–H groups in total. The van der Waals surface area contributed by atoms with Crippen LogP contribution in [0.5, 0.6) is 0 Å². The molecule has 1 amide bonds. The van der Waals surface area contributed by atoms with Crippen LogP contribution >= 0.6 is 0 Å². The van der Waals surface area contributed by atoms with E-state index in [0.717, 1.165) is 48.0 Å². The van der Waals surface area contributed by atoms with Crippen LogP contribution in [-0.2, 0) is 14.8 Å². The molecule has 1 fully saturated rings. The first-order valence-electron chi connectivity index (χ1n) is 7.45. The third kappa shape index (κ3) is 3.99. The molecule has 2 rings (SSSR count). The Bertz CT molecular complexity index is 688. The van der Waals surface area contributed by atoms with Gasteiger partial charge in [-0.3, -0.25) is 9.10 Å². The molecule has 23 heavy (non-hydrogen) atoms. The number of nitrogens with zero attached hydrogens (tertiary/aromatic N) is 2. The lowest BCUT2D eigenvalue weighted by Crippen LogP contribution is -2.50. The van der Waals surface area contributed by atoms with Crippen LogP contribution in [0.15, 0.2) is 18.2 Å². The molecule has 0 radical (unpaired) electrons. The Balaban J connectivity index is 2.34. The van der Waals surface area contributed by atoms with Crippen molar-refractivity contribution in [2.24, 2.45) is 0 Å². The summed E-state index contributed by atoms with van der Waals surface area (Å²) in [6, 6.07) is 1.77. The van der Waals surface area contributed by atoms with Gasteiger partial charge in [-0.2, -0.15) is 0 Å². The van der Waals surface area contributed by atoms with Crippen LogP contribution < -0.4 is 4.31 Å². The number of likely N-dealkylation sites (tertiary alicyclic amines) is 1. The summed E-state index contributed by atoms with van der Waals surface area (Å²) in [5.74, 6) is -2.56. The van der Waals surface area contributed by atoms with Crippen molar-refractivity contribution in [3.05, 3.63) is 29.8 Å². The molecule has 1 aromatic carbocycles. The predicted molar refractivity (Wildman–Crippen MR) is 83.6 cm³/mol. The SMILES string of the molecule is C[C@@H](C(=O)N1CCCCC1)N(c1ccc(F)c(F)c1)S(C)(=O)=O. The van der Waals surface area contributed by atoms with E-state index in [1.807, 2.05) is 0 Å². The van der Waals surface area contributed by atoms with Gasteiger partial charge in [-0.25, -0.2) is 17.2 Å². The zero-order valence-corrected chi connectivity index (χ0v) is 13.9. The van der Waals surface area contributed by atoms with Crippen LogP contribution in [0.1, 0.15) is 26.2 Å². The lowest BCUT2D eigenvalue weighted by Gasteiger charge is -2.34. The number of halogens is 2. The first kappa shape index (κ1) is 17.7. The van der Waals surface area contributed by atoms with Crippen molar-refractivity contribution in [2.45, 2.75) is 32.2 Å². The van der Waals surface area contributed by atoms with E-state index in [2.05, 4.69) is 0 Å². The summed E-state index contributed by atoms with van der Waals surface area (Å²) in [6.45, 7) is 2.62. The molecule has 128 valence electrons. The first-order chi connectivity index (χ1) is 10.7. The second kappa shape index (κ2) is 6.82. The quantitative estimate of drug-likeness (QED) is 0.839. The molecule has 1 aliphatic rings. The average molecular weight is 346 g/mol. The number of hydrogen-bond acceptors (Lipinski definition) is 3. The molecule has 0 aromatic heterocycles. The van der Waals surface area contributed by atoms with Gasteiger partial charge < -0.3 is 4.90 Å². The molecule has 1 heterocycles. The van der Waals surface area contributed by atoms with E-state index in [4.69, 9.17) is 0 Å². The second-order valence-corrected chi connectivity index (χ2v) is 7.58. The minimum absolute atomic E-state index is 0.0655. The third-order valence-electron chi connectivity index (χ3n) is 3.89. The number of anilines is 1. The molecule has 0 saturated carbocycles. The Labute approximate surface area is 134 Å². The fourth-order valence-electron chi connectivity index (χ4n) is 2.80. The Morgan fingerprint density at radius 3 is 2.30 bits per heavy atom. The molecule has 1 saturated heterocycles. The van der Waals surface area contributed by atoms with Crippen LogP contribution in [0.3, 0.4) is 0 Å². The highest BCUT2D eigenvalue weighted by Crippen LogP contribution is 2.24. The van der Waals surface area contributed by atoms with Crippen molar-refractivity contribution in [1.82, 2.24) is 4.90 Å². The Morgan fingerprint density at radius 2 is 1.78 bits per heavy atom. The first-order valence-corrected chi connectivity index (χ1v) is 9.30. The van der Waals surface area contributed by atoms with Crippen molar-refractivity contribution in [3.63, 3.8) is 0 Å². The largest absolute Gasteiger partial charge is 0.341 e. The molecule has 0 unspecified atom stereocenters. The minimum atomic E-state index is -3.83. The van der Waals surface area contributed by atoms with E-state index in [-0.39, 0.29) is 11.6 Å². The number of sulfonamides is 1. The molecule has 1 atom stereocenters. The van der Waals surface area contributed by atoms with E-state index in [9.17, 15) is 22.0 Å². The number of carbonyl (C=O) groups excluding carboxylic acids is 1. The summed E-state index contributed by atoms with van der Waals surface area (Å²) in [5.41, 5.74) is -0.0655. The zero-order valence-electron chi connectivity index (χ0n) is 13.1. The highest BCUT2D eigenvalue weighted by atomic mass is 32.2. The predicted octanol–water partition coefficient (Wildman–Crippen LogP) is 2.13. The Morgan fingerprint density at radius 1 is 1.17 bits per heavy atom. The van der Waals surface area contributed by atoms with Gasteiger partial charge in [-0.15, -0.1) is 0 Å². The van der Waals surface area contributed by atoms with Crippen LogP contribution in [0.4, 0.5) is 14.5 Å². The summed E-state index contributed by atoms with van der Waals surface area (Å²) in [6.07, 6.45) is 3.73. The van der Waals surface area contributed by atoms with E-state index in [1.54, 1.807) is 4.90 Å². The smallest absolute Gasteiger partial charge is 0.246 e. The van der Waals surface area contributed by atoms with Gasteiger partial charge >= 0.3 is 0 Å². The van der Waals surface area contributed by atoms with Crippen molar-refractivity contribution < 1.29 is 22.0 Å².